The summed E-state index contributed by atoms with van der Waals surface area (Å²) in [6.45, 7) is 4.56. The lowest BCUT2D eigenvalue weighted by molar-refractivity contribution is -0.133. The highest BCUT2D eigenvalue weighted by Crippen LogP contribution is 2.45. The normalized spacial score (nSPS) is 27.3. The van der Waals surface area contributed by atoms with Crippen molar-refractivity contribution in [2.75, 3.05) is 24.5 Å². The van der Waals surface area contributed by atoms with Crippen molar-refractivity contribution in [3.8, 4) is 0 Å². The van der Waals surface area contributed by atoms with Gasteiger partial charge in [-0.2, -0.15) is 0 Å². The molecule has 0 unspecified atom stereocenters. The van der Waals surface area contributed by atoms with Gasteiger partial charge in [0.1, 0.15) is 12.3 Å². The van der Waals surface area contributed by atoms with Gasteiger partial charge in [-0.25, -0.2) is 0 Å². The molecule has 5 heteroatoms. The lowest BCUT2D eigenvalue weighted by Crippen LogP contribution is -2.52. The molecule has 0 radical (unpaired) electrons. The largest absolute Gasteiger partial charge is 0.445 e. The maximum absolute atomic E-state index is 12.4. The third kappa shape index (κ3) is 3.31. The molecule has 0 spiro atoms. The Balaban J connectivity index is 1.35. The van der Waals surface area contributed by atoms with Crippen LogP contribution in [0.3, 0.4) is 0 Å². The van der Waals surface area contributed by atoms with Crippen LogP contribution in [0.15, 0.2) is 29.2 Å². The molecule has 0 atom stereocenters. The Morgan fingerprint density at radius 3 is 2.42 bits per heavy atom. The highest BCUT2D eigenvalue weighted by molar-refractivity contribution is 5.98. The fraction of sp³-hybridized carbons (Fsp3) is 0.619. The van der Waals surface area contributed by atoms with Gasteiger partial charge < -0.3 is 9.32 Å². The van der Waals surface area contributed by atoms with Gasteiger partial charge in [0, 0.05) is 25.1 Å². The minimum absolute atomic E-state index is 0.0907. The smallest absolute Gasteiger partial charge is 0.248 e. The second-order valence-corrected chi connectivity index (χ2v) is 7.99. The van der Waals surface area contributed by atoms with Crippen molar-refractivity contribution in [3.63, 3.8) is 0 Å². The number of anilines is 1. The number of furan rings is 1. The van der Waals surface area contributed by atoms with E-state index in [-0.39, 0.29) is 18.4 Å². The molecular weight excluding hydrogens is 328 g/mol. The van der Waals surface area contributed by atoms with E-state index in [1.807, 2.05) is 12.1 Å². The van der Waals surface area contributed by atoms with Gasteiger partial charge in [0.15, 0.2) is 0 Å². The zero-order valence-corrected chi connectivity index (χ0v) is 15.4. The molecule has 0 N–H and O–H groups in total. The van der Waals surface area contributed by atoms with Gasteiger partial charge in [-0.3, -0.25) is 14.5 Å². The molecule has 4 rings (SSSR count). The molecule has 2 saturated carbocycles. The summed E-state index contributed by atoms with van der Waals surface area (Å²) in [5.74, 6) is 3.74. The summed E-state index contributed by atoms with van der Waals surface area (Å²) in [5.41, 5.74) is 0. The van der Waals surface area contributed by atoms with Gasteiger partial charge in [-0.1, -0.05) is 25.8 Å². The lowest BCUT2D eigenvalue weighted by Gasteiger charge is -2.38. The standard InChI is InChI=1S/C21H28N2O3/c1-2-19(24)22-12-13-23(20(25)14-22)21-11-10-18(26-21)17-8-6-16(7-9-17)15-4-3-5-15/h2,10-11,15-17H,1,3-9,12-14H2. The van der Waals surface area contributed by atoms with Crippen LogP contribution >= 0.6 is 0 Å². The minimum Gasteiger partial charge on any atom is -0.445 e. The summed E-state index contributed by atoms with van der Waals surface area (Å²) in [4.78, 5) is 27.3. The van der Waals surface area contributed by atoms with Gasteiger partial charge in [0.2, 0.25) is 17.7 Å². The van der Waals surface area contributed by atoms with E-state index in [0.29, 0.717) is 24.9 Å². The van der Waals surface area contributed by atoms with Crippen molar-refractivity contribution in [2.24, 2.45) is 11.8 Å². The molecule has 2 heterocycles. The van der Waals surface area contributed by atoms with Gasteiger partial charge in [0.05, 0.1) is 0 Å². The number of amides is 2. The predicted molar refractivity (Wildman–Crippen MR) is 99.9 cm³/mol. The quantitative estimate of drug-likeness (QED) is 0.773. The zero-order valence-electron chi connectivity index (χ0n) is 15.4. The third-order valence-electron chi connectivity index (χ3n) is 6.58. The van der Waals surface area contributed by atoms with Crippen LogP contribution in [0.5, 0.6) is 0 Å². The molecule has 0 aromatic carbocycles. The second kappa shape index (κ2) is 7.29. The van der Waals surface area contributed by atoms with Crippen molar-refractivity contribution in [2.45, 2.75) is 50.9 Å². The van der Waals surface area contributed by atoms with E-state index < -0.39 is 0 Å². The summed E-state index contributed by atoms with van der Waals surface area (Å²) < 4.78 is 6.07. The molecule has 0 bridgehead atoms. The van der Waals surface area contributed by atoms with E-state index in [4.69, 9.17) is 4.42 Å². The number of piperazine rings is 1. The minimum atomic E-state index is -0.193. The number of hydrogen-bond acceptors (Lipinski definition) is 3. The van der Waals surface area contributed by atoms with E-state index in [1.165, 1.54) is 55.9 Å². The maximum atomic E-state index is 12.4. The Bertz CT molecular complexity index is 683. The van der Waals surface area contributed by atoms with E-state index in [9.17, 15) is 9.59 Å². The van der Waals surface area contributed by atoms with Crippen LogP contribution in [0.1, 0.15) is 56.6 Å². The number of carbonyl (C=O) groups excluding carboxylic acids is 2. The SMILES string of the molecule is C=CC(=O)N1CCN(c2ccc(C3CCC(C4CCC4)CC3)o2)C(=O)C1. The third-order valence-corrected chi connectivity index (χ3v) is 6.58. The maximum Gasteiger partial charge on any atom is 0.248 e. The molecule has 1 saturated heterocycles. The van der Waals surface area contributed by atoms with E-state index >= 15 is 0 Å². The van der Waals surface area contributed by atoms with Crippen LogP contribution < -0.4 is 4.90 Å². The number of nitrogens with zero attached hydrogens (tertiary/aromatic N) is 2. The summed E-state index contributed by atoms with van der Waals surface area (Å²) in [5, 5.41) is 0. The van der Waals surface area contributed by atoms with Gasteiger partial charge in [-0.05, 0) is 49.7 Å². The molecule has 2 aliphatic carbocycles. The summed E-state index contributed by atoms with van der Waals surface area (Å²) in [7, 11) is 0. The molecule has 3 aliphatic rings. The molecule has 2 amide bonds. The number of hydrogen-bond donors (Lipinski definition) is 0. The first-order valence-corrected chi connectivity index (χ1v) is 9.97. The van der Waals surface area contributed by atoms with E-state index in [1.54, 1.807) is 4.90 Å². The molecule has 1 aromatic rings. The van der Waals surface area contributed by atoms with Crippen LogP contribution in [0.4, 0.5) is 5.88 Å². The fourth-order valence-electron chi connectivity index (χ4n) is 4.72. The Labute approximate surface area is 155 Å². The van der Waals surface area contributed by atoms with Crippen molar-refractivity contribution < 1.29 is 14.0 Å². The van der Waals surface area contributed by atoms with E-state index in [0.717, 1.165) is 17.6 Å². The molecule has 26 heavy (non-hydrogen) atoms. The highest BCUT2D eigenvalue weighted by atomic mass is 16.4. The molecule has 140 valence electrons. The van der Waals surface area contributed by atoms with Crippen LogP contribution in [0.25, 0.3) is 0 Å². The first-order chi connectivity index (χ1) is 12.7. The van der Waals surface area contributed by atoms with E-state index in [2.05, 4.69) is 6.58 Å². The van der Waals surface area contributed by atoms with Crippen LogP contribution in [0.2, 0.25) is 0 Å². The monoisotopic (exact) mass is 356 g/mol. The van der Waals surface area contributed by atoms with Crippen LogP contribution in [-0.4, -0.2) is 36.3 Å². The average Bonchev–Trinajstić information content (AvgIpc) is 3.10. The number of carbonyl (C=O) groups is 2. The molecular formula is C21H28N2O3. The number of rotatable bonds is 4. The van der Waals surface area contributed by atoms with Gasteiger partial charge >= 0.3 is 0 Å². The lowest BCUT2D eigenvalue weighted by atomic mass is 9.68. The Hall–Kier alpha value is -2.04. The molecule has 5 nitrogen and oxygen atoms in total. The van der Waals surface area contributed by atoms with Gasteiger partial charge in [0.25, 0.3) is 0 Å². The molecule has 1 aliphatic heterocycles. The Morgan fingerprint density at radius 2 is 1.81 bits per heavy atom. The van der Waals surface area contributed by atoms with Gasteiger partial charge in [-0.15, -0.1) is 0 Å². The summed E-state index contributed by atoms with van der Waals surface area (Å²) in [6, 6.07) is 3.95. The molecule has 1 aromatic heterocycles. The summed E-state index contributed by atoms with van der Waals surface area (Å²) >= 11 is 0. The van der Waals surface area contributed by atoms with Crippen LogP contribution in [0, 0.1) is 11.8 Å². The predicted octanol–water partition coefficient (Wildman–Crippen LogP) is 3.71. The van der Waals surface area contributed by atoms with Crippen LogP contribution in [-0.2, 0) is 9.59 Å². The Morgan fingerprint density at radius 1 is 1.08 bits per heavy atom. The summed E-state index contributed by atoms with van der Waals surface area (Å²) in [6.07, 6.45) is 10.6. The van der Waals surface area contributed by atoms with Crippen molar-refractivity contribution in [1.82, 2.24) is 4.90 Å². The Kier molecular flexibility index (Phi) is 4.88. The van der Waals surface area contributed by atoms with Crippen molar-refractivity contribution in [1.29, 1.82) is 0 Å². The highest BCUT2D eigenvalue weighted by Gasteiger charge is 2.33. The topological polar surface area (TPSA) is 53.8 Å². The first-order valence-electron chi connectivity index (χ1n) is 9.97. The fourth-order valence-corrected chi connectivity index (χ4v) is 4.72. The first kappa shape index (κ1) is 17.4. The zero-order chi connectivity index (χ0) is 18.1. The second-order valence-electron chi connectivity index (χ2n) is 7.99. The van der Waals surface area contributed by atoms with Crippen molar-refractivity contribution in [3.05, 3.63) is 30.5 Å². The average molecular weight is 356 g/mol. The van der Waals surface area contributed by atoms with Crippen molar-refractivity contribution >= 4 is 17.7 Å². The molecule has 3 fully saturated rings.